The summed E-state index contributed by atoms with van der Waals surface area (Å²) in [5, 5.41) is 20.0. The van der Waals surface area contributed by atoms with Gasteiger partial charge < -0.3 is 20.3 Å². The Morgan fingerprint density at radius 1 is 1.37 bits per heavy atom. The number of hydrogen-bond acceptors (Lipinski definition) is 4. The average Bonchev–Trinajstić information content (AvgIpc) is 2.39. The van der Waals surface area contributed by atoms with Gasteiger partial charge >= 0.3 is 5.97 Å². The minimum Gasteiger partial charge on any atom is -0.493 e. The van der Waals surface area contributed by atoms with Gasteiger partial charge in [0.05, 0.1) is 12.2 Å². The summed E-state index contributed by atoms with van der Waals surface area (Å²) in [7, 11) is 0. The molecule has 1 rings (SSSR count). The molecule has 0 bridgehead atoms. The Kier molecular flexibility index (Phi) is 5.81. The second-order valence-corrected chi connectivity index (χ2v) is 3.81. The Morgan fingerprint density at radius 2 is 2.05 bits per heavy atom. The van der Waals surface area contributed by atoms with Gasteiger partial charge in [0.2, 0.25) is 0 Å². The summed E-state index contributed by atoms with van der Waals surface area (Å²) < 4.78 is 5.30. The standard InChI is InChI=1S/C13H17NO5/c1-2-19-11-6-4-3-5-9(11)12(16)14-10(7-8-15)13(17)18/h3-6,10,15H,2,7-8H2,1H3,(H,14,16)(H,17,18). The van der Waals surface area contributed by atoms with Gasteiger partial charge in [0.1, 0.15) is 11.8 Å². The van der Waals surface area contributed by atoms with E-state index in [1.165, 1.54) is 0 Å². The fourth-order valence-electron chi connectivity index (χ4n) is 1.56. The number of carboxylic acid groups (broad SMARTS) is 1. The van der Waals surface area contributed by atoms with E-state index in [2.05, 4.69) is 5.32 Å². The van der Waals surface area contributed by atoms with Crippen molar-refractivity contribution in [1.82, 2.24) is 5.32 Å². The Morgan fingerprint density at radius 3 is 2.63 bits per heavy atom. The molecule has 104 valence electrons. The van der Waals surface area contributed by atoms with Crippen molar-refractivity contribution in [3.8, 4) is 5.75 Å². The maximum absolute atomic E-state index is 12.0. The molecule has 19 heavy (non-hydrogen) atoms. The number of aliphatic hydroxyl groups excluding tert-OH is 1. The van der Waals surface area contributed by atoms with E-state index in [4.69, 9.17) is 14.9 Å². The van der Waals surface area contributed by atoms with E-state index in [1.807, 2.05) is 0 Å². The number of hydrogen-bond donors (Lipinski definition) is 3. The first-order valence-electron chi connectivity index (χ1n) is 5.96. The molecule has 0 fully saturated rings. The minimum atomic E-state index is -1.18. The summed E-state index contributed by atoms with van der Waals surface area (Å²) in [6, 6.07) is 5.47. The van der Waals surface area contributed by atoms with Crippen molar-refractivity contribution in [3.63, 3.8) is 0 Å². The fraction of sp³-hybridized carbons (Fsp3) is 0.385. The van der Waals surface area contributed by atoms with E-state index in [0.717, 1.165) is 0 Å². The van der Waals surface area contributed by atoms with Crippen LogP contribution >= 0.6 is 0 Å². The van der Waals surface area contributed by atoms with E-state index < -0.39 is 17.9 Å². The third-order valence-electron chi connectivity index (χ3n) is 2.45. The SMILES string of the molecule is CCOc1ccccc1C(=O)NC(CCO)C(=O)O. The van der Waals surface area contributed by atoms with Crippen molar-refractivity contribution in [2.75, 3.05) is 13.2 Å². The Bertz CT molecular complexity index is 446. The minimum absolute atomic E-state index is 0.0438. The molecule has 0 radical (unpaired) electrons. The molecule has 1 unspecified atom stereocenters. The highest BCUT2D eigenvalue weighted by atomic mass is 16.5. The number of carbonyl (C=O) groups is 2. The van der Waals surface area contributed by atoms with Crippen molar-refractivity contribution < 1.29 is 24.5 Å². The maximum atomic E-state index is 12.0. The lowest BCUT2D eigenvalue weighted by Crippen LogP contribution is -2.41. The normalized spacial score (nSPS) is 11.7. The number of carbonyl (C=O) groups excluding carboxylic acids is 1. The van der Waals surface area contributed by atoms with Gasteiger partial charge in [-0.1, -0.05) is 12.1 Å². The second-order valence-electron chi connectivity index (χ2n) is 3.81. The van der Waals surface area contributed by atoms with Gasteiger partial charge in [-0.15, -0.1) is 0 Å². The Labute approximate surface area is 111 Å². The molecule has 0 spiro atoms. The smallest absolute Gasteiger partial charge is 0.326 e. The van der Waals surface area contributed by atoms with Crippen molar-refractivity contribution in [2.45, 2.75) is 19.4 Å². The summed E-state index contributed by atoms with van der Waals surface area (Å²) in [6.07, 6.45) is -0.0438. The van der Waals surface area contributed by atoms with Crippen LogP contribution in [0.3, 0.4) is 0 Å². The van der Waals surface area contributed by atoms with Crippen LogP contribution in [-0.2, 0) is 4.79 Å². The number of benzene rings is 1. The van der Waals surface area contributed by atoms with Gasteiger partial charge in [-0.25, -0.2) is 4.79 Å². The van der Waals surface area contributed by atoms with Crippen LogP contribution in [0.25, 0.3) is 0 Å². The van der Waals surface area contributed by atoms with Gasteiger partial charge in [0, 0.05) is 13.0 Å². The fourth-order valence-corrected chi connectivity index (χ4v) is 1.56. The highest BCUT2D eigenvalue weighted by molar-refractivity contribution is 5.98. The summed E-state index contributed by atoms with van der Waals surface area (Å²) in [4.78, 5) is 22.9. The van der Waals surface area contributed by atoms with Crippen LogP contribution in [-0.4, -0.2) is 41.3 Å². The number of para-hydroxylation sites is 1. The monoisotopic (exact) mass is 267 g/mol. The Hall–Kier alpha value is -2.08. The largest absolute Gasteiger partial charge is 0.493 e. The van der Waals surface area contributed by atoms with Gasteiger partial charge in [-0.2, -0.15) is 0 Å². The number of amides is 1. The van der Waals surface area contributed by atoms with E-state index >= 15 is 0 Å². The molecule has 6 nitrogen and oxygen atoms in total. The molecule has 0 aliphatic rings. The summed E-state index contributed by atoms with van der Waals surface area (Å²) in [6.45, 7) is 1.88. The highest BCUT2D eigenvalue weighted by Gasteiger charge is 2.21. The molecule has 0 aliphatic carbocycles. The van der Waals surface area contributed by atoms with Gasteiger partial charge in [-0.3, -0.25) is 4.79 Å². The van der Waals surface area contributed by atoms with Gasteiger partial charge in [0.15, 0.2) is 0 Å². The van der Waals surface area contributed by atoms with Crippen molar-refractivity contribution in [3.05, 3.63) is 29.8 Å². The first kappa shape index (κ1) is 15.0. The number of carboxylic acids is 1. The molecule has 0 saturated heterocycles. The summed E-state index contributed by atoms with van der Waals surface area (Å²) in [5.41, 5.74) is 0.272. The van der Waals surface area contributed by atoms with Crippen LogP contribution in [0.1, 0.15) is 23.7 Å². The van der Waals surface area contributed by atoms with E-state index in [1.54, 1.807) is 31.2 Å². The molecular formula is C13H17NO5. The lowest BCUT2D eigenvalue weighted by Gasteiger charge is -2.15. The number of nitrogens with one attached hydrogen (secondary N) is 1. The van der Waals surface area contributed by atoms with Crippen LogP contribution in [0, 0.1) is 0 Å². The number of ether oxygens (including phenoxy) is 1. The van der Waals surface area contributed by atoms with Crippen molar-refractivity contribution in [2.24, 2.45) is 0 Å². The van der Waals surface area contributed by atoms with E-state index in [-0.39, 0.29) is 18.6 Å². The summed E-state index contributed by atoms with van der Waals surface area (Å²) in [5.74, 6) is -1.32. The topological polar surface area (TPSA) is 95.9 Å². The molecular weight excluding hydrogens is 250 g/mol. The zero-order valence-corrected chi connectivity index (χ0v) is 10.6. The average molecular weight is 267 g/mol. The van der Waals surface area contributed by atoms with Crippen molar-refractivity contribution in [1.29, 1.82) is 0 Å². The number of aliphatic hydroxyl groups is 1. The zero-order valence-electron chi connectivity index (χ0n) is 10.6. The lowest BCUT2D eigenvalue weighted by molar-refractivity contribution is -0.139. The Balaban J connectivity index is 2.84. The van der Waals surface area contributed by atoms with Crippen molar-refractivity contribution >= 4 is 11.9 Å². The van der Waals surface area contributed by atoms with Crippen LogP contribution < -0.4 is 10.1 Å². The van der Waals surface area contributed by atoms with E-state index in [9.17, 15) is 9.59 Å². The molecule has 0 saturated carbocycles. The van der Waals surface area contributed by atoms with Crippen LogP contribution in [0.4, 0.5) is 0 Å². The van der Waals surface area contributed by atoms with Crippen LogP contribution in [0.15, 0.2) is 24.3 Å². The first-order valence-corrected chi connectivity index (χ1v) is 5.96. The number of rotatable bonds is 7. The molecule has 1 aromatic rings. The molecule has 1 amide bonds. The molecule has 0 aliphatic heterocycles. The predicted octanol–water partition coefficient (Wildman–Crippen LogP) is 0.651. The quantitative estimate of drug-likeness (QED) is 0.674. The van der Waals surface area contributed by atoms with Crippen LogP contribution in [0.5, 0.6) is 5.75 Å². The van der Waals surface area contributed by atoms with E-state index in [0.29, 0.717) is 12.4 Å². The third kappa shape index (κ3) is 4.26. The molecule has 1 aromatic carbocycles. The molecule has 0 aromatic heterocycles. The second kappa shape index (κ2) is 7.38. The predicted molar refractivity (Wildman–Crippen MR) is 68.2 cm³/mol. The zero-order chi connectivity index (χ0) is 14.3. The van der Waals surface area contributed by atoms with Crippen LogP contribution in [0.2, 0.25) is 0 Å². The maximum Gasteiger partial charge on any atom is 0.326 e. The van der Waals surface area contributed by atoms with Gasteiger partial charge in [-0.05, 0) is 19.1 Å². The lowest BCUT2D eigenvalue weighted by atomic mass is 10.1. The molecule has 6 heteroatoms. The molecule has 0 heterocycles. The highest BCUT2D eigenvalue weighted by Crippen LogP contribution is 2.17. The number of aliphatic carboxylic acids is 1. The first-order chi connectivity index (χ1) is 9.10. The molecule has 1 atom stereocenters. The van der Waals surface area contributed by atoms with Gasteiger partial charge in [0.25, 0.3) is 5.91 Å². The molecule has 3 N–H and O–H groups in total. The third-order valence-corrected chi connectivity index (χ3v) is 2.45. The summed E-state index contributed by atoms with van der Waals surface area (Å²) >= 11 is 0.